The minimum atomic E-state index is -0.507. The van der Waals surface area contributed by atoms with E-state index in [1.54, 1.807) is 19.1 Å². The van der Waals surface area contributed by atoms with Crippen molar-refractivity contribution in [3.8, 4) is 0 Å². The van der Waals surface area contributed by atoms with E-state index < -0.39 is 10.8 Å². The van der Waals surface area contributed by atoms with Crippen LogP contribution in [0.3, 0.4) is 0 Å². The minimum absolute atomic E-state index is 0.0671. The van der Waals surface area contributed by atoms with Gasteiger partial charge in [-0.3, -0.25) is 24.7 Å². The normalized spacial score (nSPS) is 14.7. The van der Waals surface area contributed by atoms with Crippen molar-refractivity contribution in [2.75, 3.05) is 31.5 Å². The molecule has 7 heteroatoms. The van der Waals surface area contributed by atoms with Crippen molar-refractivity contribution in [2.45, 2.75) is 20.0 Å². The van der Waals surface area contributed by atoms with Gasteiger partial charge in [0.25, 0.3) is 11.6 Å². The first-order valence-electron chi connectivity index (χ1n) is 11.1. The highest BCUT2D eigenvalue weighted by Crippen LogP contribution is 2.24. The first-order valence-corrected chi connectivity index (χ1v) is 11.1. The first-order chi connectivity index (χ1) is 16.0. The number of hydrogen-bond donors (Lipinski definition) is 1. The maximum Gasteiger partial charge on any atom is 0.285 e. The zero-order valence-corrected chi connectivity index (χ0v) is 18.7. The summed E-state index contributed by atoms with van der Waals surface area (Å²) in [7, 11) is 0. The molecule has 0 aliphatic carbocycles. The van der Waals surface area contributed by atoms with Crippen LogP contribution in [0.1, 0.15) is 27.0 Å². The number of para-hydroxylation sites is 1. The van der Waals surface area contributed by atoms with Crippen LogP contribution in [0.2, 0.25) is 0 Å². The van der Waals surface area contributed by atoms with Gasteiger partial charge in [-0.1, -0.05) is 54.6 Å². The Hall–Kier alpha value is -3.55. The third-order valence-electron chi connectivity index (χ3n) is 6.00. The summed E-state index contributed by atoms with van der Waals surface area (Å²) < 4.78 is 0. The molecule has 1 heterocycles. The van der Waals surface area contributed by atoms with Gasteiger partial charge in [-0.15, -0.1) is 0 Å². The fraction of sp³-hybridized carbons (Fsp3) is 0.269. The molecule has 0 aromatic heterocycles. The predicted molar refractivity (Wildman–Crippen MR) is 129 cm³/mol. The lowest BCUT2D eigenvalue weighted by Crippen LogP contribution is -2.45. The molecular formula is C26H28N4O3. The number of nitrogens with zero attached hydrogens (tertiary/aromatic N) is 3. The number of anilines is 1. The zero-order valence-electron chi connectivity index (χ0n) is 18.7. The average Bonchev–Trinajstić information content (AvgIpc) is 2.82. The number of nitro groups is 1. The van der Waals surface area contributed by atoms with Crippen LogP contribution in [0.15, 0.2) is 72.8 Å². The molecule has 7 nitrogen and oxygen atoms in total. The van der Waals surface area contributed by atoms with Crippen LogP contribution in [-0.4, -0.2) is 46.8 Å². The zero-order chi connectivity index (χ0) is 23.2. The summed E-state index contributed by atoms with van der Waals surface area (Å²) in [6.45, 7) is 7.59. The van der Waals surface area contributed by atoms with Crippen LogP contribution in [0.25, 0.3) is 0 Å². The highest BCUT2D eigenvalue weighted by atomic mass is 16.6. The molecule has 3 aromatic rings. The lowest BCUT2D eigenvalue weighted by Gasteiger charge is -2.34. The van der Waals surface area contributed by atoms with E-state index in [4.69, 9.17) is 0 Å². The molecule has 1 aliphatic rings. The monoisotopic (exact) mass is 444 g/mol. The highest BCUT2D eigenvalue weighted by Gasteiger charge is 2.22. The summed E-state index contributed by atoms with van der Waals surface area (Å²) in [5, 5.41) is 14.1. The average molecular weight is 445 g/mol. The summed E-state index contributed by atoms with van der Waals surface area (Å²) in [5.41, 5.74) is 3.51. The molecule has 170 valence electrons. The second-order valence-corrected chi connectivity index (χ2v) is 8.42. The van der Waals surface area contributed by atoms with Gasteiger partial charge in [0.2, 0.25) is 0 Å². The number of piperazine rings is 1. The molecule has 1 saturated heterocycles. The Kier molecular flexibility index (Phi) is 7.12. The van der Waals surface area contributed by atoms with E-state index in [0.717, 1.165) is 39.3 Å². The molecule has 1 N–H and O–H groups in total. The number of nitrogens with one attached hydrogen (secondary N) is 1. The molecule has 4 rings (SSSR count). The molecule has 1 aliphatic heterocycles. The van der Waals surface area contributed by atoms with Crippen LogP contribution in [-0.2, 0) is 13.1 Å². The number of benzene rings is 3. The fourth-order valence-corrected chi connectivity index (χ4v) is 4.18. The van der Waals surface area contributed by atoms with Gasteiger partial charge in [0, 0.05) is 50.5 Å². The minimum Gasteiger partial charge on any atom is -0.322 e. The van der Waals surface area contributed by atoms with E-state index in [9.17, 15) is 14.9 Å². The Morgan fingerprint density at radius 2 is 1.42 bits per heavy atom. The van der Waals surface area contributed by atoms with Crippen LogP contribution in [0.5, 0.6) is 0 Å². The van der Waals surface area contributed by atoms with Gasteiger partial charge in [-0.2, -0.15) is 0 Å². The lowest BCUT2D eigenvalue weighted by molar-refractivity contribution is -0.385. The molecule has 33 heavy (non-hydrogen) atoms. The molecule has 0 atom stereocenters. The molecule has 0 saturated carbocycles. The number of carbonyl (C=O) groups is 1. The summed E-state index contributed by atoms with van der Waals surface area (Å²) in [4.78, 5) is 28.4. The Bertz CT molecular complexity index is 1110. The Morgan fingerprint density at radius 1 is 0.848 bits per heavy atom. The van der Waals surface area contributed by atoms with Crippen molar-refractivity contribution < 1.29 is 9.72 Å². The number of carbonyl (C=O) groups excluding carboxylic acids is 1. The van der Waals surface area contributed by atoms with E-state index in [0.29, 0.717) is 11.3 Å². The first kappa shape index (κ1) is 22.6. The molecule has 0 bridgehead atoms. The lowest BCUT2D eigenvalue weighted by atomic mass is 10.1. The Balaban J connectivity index is 1.30. The predicted octanol–water partition coefficient (Wildman–Crippen LogP) is 4.47. The van der Waals surface area contributed by atoms with Crippen LogP contribution >= 0.6 is 0 Å². The molecule has 0 spiro atoms. The van der Waals surface area contributed by atoms with E-state index in [2.05, 4.69) is 39.4 Å². The van der Waals surface area contributed by atoms with E-state index in [1.807, 2.05) is 30.3 Å². The summed E-state index contributed by atoms with van der Waals surface area (Å²) >= 11 is 0. The summed E-state index contributed by atoms with van der Waals surface area (Å²) in [6.07, 6.45) is 0. The van der Waals surface area contributed by atoms with Gasteiger partial charge >= 0.3 is 0 Å². The molecular weight excluding hydrogens is 416 g/mol. The molecule has 0 radical (unpaired) electrons. The number of amides is 1. The second-order valence-electron chi connectivity index (χ2n) is 8.42. The third-order valence-corrected chi connectivity index (χ3v) is 6.00. The summed E-state index contributed by atoms with van der Waals surface area (Å²) in [6, 6.07) is 23.0. The number of hydrogen-bond acceptors (Lipinski definition) is 5. The maximum absolute atomic E-state index is 12.6. The van der Waals surface area contributed by atoms with Crippen LogP contribution in [0, 0.1) is 17.0 Å². The van der Waals surface area contributed by atoms with Gasteiger partial charge in [0.15, 0.2) is 0 Å². The highest BCUT2D eigenvalue weighted by molar-refractivity contribution is 6.07. The van der Waals surface area contributed by atoms with E-state index in [-0.39, 0.29) is 11.3 Å². The summed E-state index contributed by atoms with van der Waals surface area (Å²) in [5.74, 6) is -0.479. The van der Waals surface area contributed by atoms with Gasteiger partial charge in [0.05, 0.1) is 4.92 Å². The van der Waals surface area contributed by atoms with Crippen molar-refractivity contribution in [1.82, 2.24) is 9.80 Å². The number of rotatable bonds is 7. The largest absolute Gasteiger partial charge is 0.322 e. The van der Waals surface area contributed by atoms with Gasteiger partial charge < -0.3 is 5.32 Å². The Labute approximate surface area is 193 Å². The number of nitro benzene ring substituents is 1. The second kappa shape index (κ2) is 10.4. The molecule has 1 fully saturated rings. The standard InChI is InChI=1S/C26H28N4O3/c1-20-6-5-9-24(25(20)30(32)33)26(31)27-23-12-10-22(11-13-23)19-29-16-14-28(15-17-29)18-21-7-3-2-4-8-21/h2-13H,14-19H2,1H3,(H,27,31). The SMILES string of the molecule is Cc1cccc(C(=O)Nc2ccc(CN3CCN(Cc4ccccc4)CC3)cc2)c1[N+](=O)[O-]. The van der Waals surface area contributed by atoms with Crippen LogP contribution < -0.4 is 5.32 Å². The van der Waals surface area contributed by atoms with Gasteiger partial charge in [-0.05, 0) is 36.2 Å². The molecule has 1 amide bonds. The van der Waals surface area contributed by atoms with E-state index >= 15 is 0 Å². The Morgan fingerprint density at radius 3 is 2.00 bits per heavy atom. The smallest absolute Gasteiger partial charge is 0.285 e. The van der Waals surface area contributed by atoms with Crippen molar-refractivity contribution in [3.63, 3.8) is 0 Å². The van der Waals surface area contributed by atoms with Crippen molar-refractivity contribution in [2.24, 2.45) is 0 Å². The van der Waals surface area contributed by atoms with Gasteiger partial charge in [0.1, 0.15) is 5.56 Å². The molecule has 3 aromatic carbocycles. The van der Waals surface area contributed by atoms with Crippen molar-refractivity contribution in [3.05, 3.63) is 105 Å². The van der Waals surface area contributed by atoms with E-state index in [1.165, 1.54) is 17.2 Å². The third kappa shape index (κ3) is 5.83. The maximum atomic E-state index is 12.6. The number of aryl methyl sites for hydroxylation is 1. The topological polar surface area (TPSA) is 78.7 Å². The molecule has 0 unspecified atom stereocenters. The van der Waals surface area contributed by atoms with Crippen LogP contribution in [0.4, 0.5) is 11.4 Å². The van der Waals surface area contributed by atoms with Gasteiger partial charge in [-0.25, -0.2) is 0 Å². The fourth-order valence-electron chi connectivity index (χ4n) is 4.18. The van der Waals surface area contributed by atoms with Crippen molar-refractivity contribution >= 4 is 17.3 Å². The van der Waals surface area contributed by atoms with Crippen molar-refractivity contribution in [1.29, 1.82) is 0 Å². The quantitative estimate of drug-likeness (QED) is 0.430.